The van der Waals surface area contributed by atoms with Crippen LogP contribution in [-0.2, 0) is 10.0 Å². The molecule has 20 heavy (non-hydrogen) atoms. The van der Waals surface area contributed by atoms with Crippen LogP contribution in [0.5, 0.6) is 0 Å². The van der Waals surface area contributed by atoms with Gasteiger partial charge in [0, 0.05) is 30.7 Å². The molecule has 1 aromatic carbocycles. The van der Waals surface area contributed by atoms with Crippen LogP contribution >= 0.6 is 27.5 Å². The minimum absolute atomic E-state index is 0.290. The lowest BCUT2D eigenvalue weighted by molar-refractivity contribution is 0.188. The van der Waals surface area contributed by atoms with Gasteiger partial charge in [0.25, 0.3) is 0 Å². The standard InChI is InChI=1S/C13H18BrClN2O2S/c1-2-5-16-6-8-17(9-7-16)20(18,19)11-3-4-13(15)12(14)10-11/h3-4,10H,2,5-9H2,1H3. The first-order valence-corrected chi connectivity index (χ1v) is 9.24. The van der Waals surface area contributed by atoms with Gasteiger partial charge in [-0.3, -0.25) is 0 Å². The first kappa shape index (κ1) is 16.2. The Morgan fingerprint density at radius 1 is 1.25 bits per heavy atom. The molecule has 0 aromatic heterocycles. The average molecular weight is 382 g/mol. The summed E-state index contributed by atoms with van der Waals surface area (Å²) >= 11 is 9.18. The summed E-state index contributed by atoms with van der Waals surface area (Å²) in [6.45, 7) is 5.84. The molecule has 1 aliphatic rings. The molecule has 0 atom stereocenters. The van der Waals surface area contributed by atoms with E-state index in [4.69, 9.17) is 11.6 Å². The summed E-state index contributed by atoms with van der Waals surface area (Å²) in [7, 11) is -3.42. The van der Waals surface area contributed by atoms with Crippen LogP contribution in [0.1, 0.15) is 13.3 Å². The van der Waals surface area contributed by atoms with E-state index in [0.717, 1.165) is 26.1 Å². The maximum atomic E-state index is 12.6. The lowest BCUT2D eigenvalue weighted by Crippen LogP contribution is -2.48. The van der Waals surface area contributed by atoms with E-state index in [1.54, 1.807) is 22.5 Å². The van der Waals surface area contributed by atoms with Gasteiger partial charge < -0.3 is 4.90 Å². The molecule has 7 heteroatoms. The van der Waals surface area contributed by atoms with Crippen molar-refractivity contribution >= 4 is 37.6 Å². The number of nitrogens with zero attached hydrogens (tertiary/aromatic N) is 2. The first-order valence-electron chi connectivity index (χ1n) is 6.62. The summed E-state index contributed by atoms with van der Waals surface area (Å²) in [6.07, 6.45) is 1.09. The predicted molar refractivity (Wildman–Crippen MR) is 84.6 cm³/mol. The van der Waals surface area contributed by atoms with Gasteiger partial charge in [0.1, 0.15) is 0 Å². The lowest BCUT2D eigenvalue weighted by atomic mass is 10.3. The van der Waals surface area contributed by atoms with Crippen LogP contribution in [0.2, 0.25) is 5.02 Å². The van der Waals surface area contributed by atoms with E-state index in [1.165, 1.54) is 0 Å². The summed E-state index contributed by atoms with van der Waals surface area (Å²) in [5.41, 5.74) is 0. The molecule has 1 heterocycles. The Morgan fingerprint density at radius 2 is 1.90 bits per heavy atom. The normalized spacial score (nSPS) is 18.4. The SMILES string of the molecule is CCCN1CCN(S(=O)(=O)c2ccc(Cl)c(Br)c2)CC1. The highest BCUT2D eigenvalue weighted by molar-refractivity contribution is 9.10. The van der Waals surface area contributed by atoms with Crippen molar-refractivity contribution in [2.45, 2.75) is 18.2 Å². The second-order valence-corrected chi connectivity index (χ2v) is 8.02. The van der Waals surface area contributed by atoms with Crippen molar-refractivity contribution in [2.24, 2.45) is 0 Å². The van der Waals surface area contributed by atoms with Gasteiger partial charge in [-0.15, -0.1) is 0 Å². The van der Waals surface area contributed by atoms with Crippen molar-refractivity contribution < 1.29 is 8.42 Å². The Morgan fingerprint density at radius 3 is 2.45 bits per heavy atom. The third kappa shape index (κ3) is 3.54. The van der Waals surface area contributed by atoms with E-state index in [9.17, 15) is 8.42 Å². The van der Waals surface area contributed by atoms with Crippen molar-refractivity contribution in [1.82, 2.24) is 9.21 Å². The van der Waals surface area contributed by atoms with Gasteiger partial charge >= 0.3 is 0 Å². The molecule has 0 radical (unpaired) electrons. The second-order valence-electron chi connectivity index (χ2n) is 4.82. The van der Waals surface area contributed by atoms with Crippen LogP contribution in [0.15, 0.2) is 27.6 Å². The van der Waals surface area contributed by atoms with Crippen molar-refractivity contribution in [1.29, 1.82) is 0 Å². The quantitative estimate of drug-likeness (QED) is 0.805. The molecular formula is C13H18BrClN2O2S. The summed E-state index contributed by atoms with van der Waals surface area (Å²) < 4.78 is 27.3. The zero-order chi connectivity index (χ0) is 14.8. The van der Waals surface area contributed by atoms with Crippen LogP contribution in [0.25, 0.3) is 0 Å². The minimum atomic E-state index is -3.42. The average Bonchev–Trinajstić information content (AvgIpc) is 2.43. The largest absolute Gasteiger partial charge is 0.301 e. The number of rotatable bonds is 4. The van der Waals surface area contributed by atoms with Crippen LogP contribution in [0.4, 0.5) is 0 Å². The summed E-state index contributed by atoms with van der Waals surface area (Å²) in [6, 6.07) is 4.72. The fourth-order valence-corrected chi connectivity index (χ4v) is 4.39. The maximum absolute atomic E-state index is 12.6. The van der Waals surface area contributed by atoms with Crippen molar-refractivity contribution in [3.63, 3.8) is 0 Å². The number of hydrogen-bond donors (Lipinski definition) is 0. The van der Waals surface area contributed by atoms with Gasteiger partial charge in [-0.1, -0.05) is 18.5 Å². The van der Waals surface area contributed by atoms with E-state index in [2.05, 4.69) is 27.8 Å². The molecule has 0 saturated carbocycles. The lowest BCUT2D eigenvalue weighted by Gasteiger charge is -2.33. The second kappa shape index (κ2) is 6.75. The van der Waals surface area contributed by atoms with E-state index >= 15 is 0 Å². The minimum Gasteiger partial charge on any atom is -0.301 e. The summed E-state index contributed by atoms with van der Waals surface area (Å²) in [5.74, 6) is 0. The fourth-order valence-electron chi connectivity index (χ4n) is 2.30. The Balaban J connectivity index is 2.13. The van der Waals surface area contributed by atoms with E-state index in [0.29, 0.717) is 22.6 Å². The maximum Gasteiger partial charge on any atom is 0.243 e. The number of benzene rings is 1. The van der Waals surface area contributed by atoms with Crippen molar-refractivity contribution in [3.8, 4) is 0 Å². The van der Waals surface area contributed by atoms with E-state index in [-0.39, 0.29) is 4.90 Å². The Bertz CT molecular complexity index is 572. The molecule has 1 aromatic rings. The Labute approximate surface area is 133 Å². The zero-order valence-corrected chi connectivity index (χ0v) is 14.5. The molecule has 0 N–H and O–H groups in total. The van der Waals surface area contributed by atoms with Crippen LogP contribution < -0.4 is 0 Å². The predicted octanol–water partition coefficient (Wildman–Crippen LogP) is 2.82. The van der Waals surface area contributed by atoms with Crippen LogP contribution in [0.3, 0.4) is 0 Å². The van der Waals surface area contributed by atoms with Gasteiger partial charge in [-0.05, 0) is 47.1 Å². The molecule has 0 unspecified atom stereocenters. The smallest absolute Gasteiger partial charge is 0.243 e. The summed E-state index contributed by atoms with van der Waals surface area (Å²) in [5, 5.41) is 0.511. The Kier molecular flexibility index (Phi) is 5.48. The van der Waals surface area contributed by atoms with Gasteiger partial charge in [0.2, 0.25) is 10.0 Å². The molecule has 112 valence electrons. The molecular weight excluding hydrogens is 364 g/mol. The van der Waals surface area contributed by atoms with Gasteiger partial charge in [0.05, 0.1) is 9.92 Å². The molecule has 0 aliphatic carbocycles. The summed E-state index contributed by atoms with van der Waals surface area (Å²) in [4.78, 5) is 2.58. The molecule has 0 bridgehead atoms. The van der Waals surface area contributed by atoms with Gasteiger partial charge in [-0.2, -0.15) is 4.31 Å². The number of piperazine rings is 1. The third-order valence-corrected chi connectivity index (χ3v) is 6.51. The van der Waals surface area contributed by atoms with Gasteiger partial charge in [-0.25, -0.2) is 8.42 Å². The number of hydrogen-bond acceptors (Lipinski definition) is 3. The molecule has 4 nitrogen and oxygen atoms in total. The number of sulfonamides is 1. The monoisotopic (exact) mass is 380 g/mol. The molecule has 1 fully saturated rings. The Hall–Kier alpha value is -0.140. The highest BCUT2D eigenvalue weighted by Crippen LogP contribution is 2.27. The zero-order valence-electron chi connectivity index (χ0n) is 11.3. The molecule has 1 aliphatic heterocycles. The molecule has 0 amide bonds. The van der Waals surface area contributed by atoms with E-state index in [1.807, 2.05) is 0 Å². The van der Waals surface area contributed by atoms with Gasteiger partial charge in [0.15, 0.2) is 0 Å². The topological polar surface area (TPSA) is 40.6 Å². The first-order chi connectivity index (χ1) is 9.45. The van der Waals surface area contributed by atoms with E-state index < -0.39 is 10.0 Å². The van der Waals surface area contributed by atoms with Crippen molar-refractivity contribution in [2.75, 3.05) is 32.7 Å². The molecule has 0 spiro atoms. The van der Waals surface area contributed by atoms with Crippen LogP contribution in [-0.4, -0.2) is 50.3 Å². The highest BCUT2D eigenvalue weighted by Gasteiger charge is 2.28. The fraction of sp³-hybridized carbons (Fsp3) is 0.538. The van der Waals surface area contributed by atoms with Crippen molar-refractivity contribution in [3.05, 3.63) is 27.7 Å². The highest BCUT2D eigenvalue weighted by atomic mass is 79.9. The van der Waals surface area contributed by atoms with Crippen LogP contribution in [0, 0.1) is 0 Å². The third-order valence-electron chi connectivity index (χ3n) is 3.40. The molecule has 2 rings (SSSR count). The molecule has 1 saturated heterocycles. The number of halogens is 2.